The summed E-state index contributed by atoms with van der Waals surface area (Å²) in [5.74, 6) is 0.519. The lowest BCUT2D eigenvalue weighted by atomic mass is 9.98. The molecule has 0 aliphatic carbocycles. The van der Waals surface area contributed by atoms with E-state index in [0.717, 1.165) is 31.6 Å². The van der Waals surface area contributed by atoms with Crippen LogP contribution in [0.25, 0.3) is 0 Å². The predicted molar refractivity (Wildman–Crippen MR) is 115 cm³/mol. The van der Waals surface area contributed by atoms with Gasteiger partial charge in [0.15, 0.2) is 0 Å². The van der Waals surface area contributed by atoms with Gasteiger partial charge >= 0.3 is 0 Å². The fraction of sp³-hybridized carbons (Fsp3) is 0.429. The quantitative estimate of drug-likeness (QED) is 0.670. The van der Waals surface area contributed by atoms with Gasteiger partial charge in [0.2, 0.25) is 0 Å². The molecule has 0 saturated carbocycles. The van der Waals surface area contributed by atoms with Crippen LogP contribution in [-0.2, 0) is 16.4 Å². The first-order chi connectivity index (χ1) is 13.0. The van der Waals surface area contributed by atoms with Crippen LogP contribution in [0, 0.1) is 0 Å². The molecule has 7 heteroatoms. The second kappa shape index (κ2) is 10.2. The molecule has 0 unspecified atom stereocenters. The van der Waals surface area contributed by atoms with E-state index in [1.165, 1.54) is 24.1 Å². The van der Waals surface area contributed by atoms with Crippen LogP contribution in [-0.4, -0.2) is 39.6 Å². The highest BCUT2D eigenvalue weighted by molar-refractivity contribution is 7.92. The van der Waals surface area contributed by atoms with Crippen molar-refractivity contribution < 1.29 is 12.8 Å². The Morgan fingerprint density at radius 3 is 2.39 bits per heavy atom. The first-order valence-electron chi connectivity index (χ1n) is 9.52. The van der Waals surface area contributed by atoms with Crippen molar-refractivity contribution >= 4 is 28.1 Å². The minimum Gasteiger partial charge on any atom is -0.303 e. The summed E-state index contributed by atoms with van der Waals surface area (Å²) in [7, 11) is -3.65. The summed E-state index contributed by atoms with van der Waals surface area (Å²) in [6.45, 7) is 5.09. The van der Waals surface area contributed by atoms with Crippen LogP contribution < -0.4 is 4.72 Å². The van der Waals surface area contributed by atoms with E-state index in [1.807, 2.05) is 24.3 Å². The highest BCUT2D eigenvalue weighted by Crippen LogP contribution is 2.28. The van der Waals surface area contributed by atoms with Crippen molar-refractivity contribution in [2.75, 3.05) is 31.0 Å². The minimum atomic E-state index is -3.65. The predicted octanol–water partition coefficient (Wildman–Crippen LogP) is 4.62. The Hall–Kier alpha value is -1.63. The van der Waals surface area contributed by atoms with Crippen LogP contribution in [0.4, 0.5) is 10.1 Å². The Bertz CT molecular complexity index is 842. The molecule has 0 bridgehead atoms. The van der Waals surface area contributed by atoms with E-state index >= 15 is 0 Å². The van der Waals surface area contributed by atoms with Crippen LogP contribution in [0.15, 0.2) is 53.4 Å². The van der Waals surface area contributed by atoms with Crippen LogP contribution in [0.1, 0.15) is 36.8 Å². The SMILES string of the molecule is CCCN1CC[C@@H](c2ccc(NS(=O)(=O)c3ccc(CCF)cc3)cc2)C1.Cl. The van der Waals surface area contributed by atoms with E-state index in [4.69, 9.17) is 0 Å². The van der Waals surface area contributed by atoms with Crippen molar-refractivity contribution in [2.45, 2.75) is 37.0 Å². The van der Waals surface area contributed by atoms with Gasteiger partial charge in [0.25, 0.3) is 10.0 Å². The summed E-state index contributed by atoms with van der Waals surface area (Å²) in [5.41, 5.74) is 2.59. The third-order valence-corrected chi connectivity index (χ3v) is 6.46. The summed E-state index contributed by atoms with van der Waals surface area (Å²) in [4.78, 5) is 2.66. The van der Waals surface area contributed by atoms with Gasteiger partial charge in [-0.15, -0.1) is 12.4 Å². The molecule has 28 heavy (non-hydrogen) atoms. The highest BCUT2D eigenvalue weighted by Gasteiger charge is 2.23. The highest BCUT2D eigenvalue weighted by atomic mass is 35.5. The number of hydrogen-bond acceptors (Lipinski definition) is 3. The third-order valence-electron chi connectivity index (χ3n) is 5.06. The Kier molecular flexibility index (Phi) is 8.28. The lowest BCUT2D eigenvalue weighted by Crippen LogP contribution is -2.20. The van der Waals surface area contributed by atoms with Crippen LogP contribution in [0.5, 0.6) is 0 Å². The maximum Gasteiger partial charge on any atom is 0.261 e. The van der Waals surface area contributed by atoms with E-state index in [9.17, 15) is 12.8 Å². The van der Waals surface area contributed by atoms with Crippen molar-refractivity contribution in [1.29, 1.82) is 0 Å². The molecule has 4 nitrogen and oxygen atoms in total. The number of likely N-dealkylation sites (tertiary alicyclic amines) is 1. The standard InChI is InChI=1S/C21H27FN2O2S.ClH/c1-2-14-24-15-12-19(16-24)18-5-7-20(8-6-18)23-27(25,26)21-9-3-17(4-10-21)11-13-22;/h3-10,19,23H,2,11-16H2,1H3;1H/t19-;/m1./s1. The number of rotatable bonds is 8. The molecule has 1 aliphatic heterocycles. The second-order valence-electron chi connectivity index (χ2n) is 7.10. The molecule has 1 saturated heterocycles. The molecule has 2 aromatic carbocycles. The van der Waals surface area contributed by atoms with Gasteiger partial charge in [-0.25, -0.2) is 8.42 Å². The maximum atomic E-state index is 12.5. The van der Waals surface area contributed by atoms with Crippen LogP contribution in [0.2, 0.25) is 0 Å². The number of alkyl halides is 1. The maximum absolute atomic E-state index is 12.5. The molecule has 1 atom stereocenters. The van der Waals surface area contributed by atoms with Gasteiger partial charge in [-0.05, 0) is 67.2 Å². The molecular weight excluding hydrogens is 399 g/mol. The van der Waals surface area contributed by atoms with Crippen molar-refractivity contribution in [3.8, 4) is 0 Å². The lowest BCUT2D eigenvalue weighted by molar-refractivity contribution is 0.335. The zero-order chi connectivity index (χ0) is 19.3. The van der Waals surface area contributed by atoms with Crippen molar-refractivity contribution in [3.63, 3.8) is 0 Å². The Labute approximate surface area is 173 Å². The van der Waals surface area contributed by atoms with E-state index in [2.05, 4.69) is 16.5 Å². The smallest absolute Gasteiger partial charge is 0.261 e. The van der Waals surface area contributed by atoms with Crippen LogP contribution in [0.3, 0.4) is 0 Å². The fourth-order valence-corrected chi connectivity index (χ4v) is 4.66. The third kappa shape index (κ3) is 5.69. The monoisotopic (exact) mass is 426 g/mol. The number of nitrogens with zero attached hydrogens (tertiary/aromatic N) is 1. The molecular formula is C21H28ClFN2O2S. The molecule has 0 aromatic heterocycles. The van der Waals surface area contributed by atoms with Gasteiger partial charge in [0.05, 0.1) is 11.6 Å². The Morgan fingerprint density at radius 1 is 1.11 bits per heavy atom. The lowest BCUT2D eigenvalue weighted by Gasteiger charge is -2.15. The van der Waals surface area contributed by atoms with Gasteiger partial charge in [0, 0.05) is 18.7 Å². The Balaban J connectivity index is 0.00000280. The molecule has 2 aromatic rings. The van der Waals surface area contributed by atoms with Crippen molar-refractivity contribution in [2.24, 2.45) is 0 Å². The minimum absolute atomic E-state index is 0. The number of hydrogen-bond donors (Lipinski definition) is 1. The molecule has 1 aliphatic rings. The number of halogens is 2. The Morgan fingerprint density at radius 2 is 1.79 bits per heavy atom. The summed E-state index contributed by atoms with van der Waals surface area (Å²) < 4.78 is 40.1. The number of sulfonamides is 1. The number of nitrogens with one attached hydrogen (secondary N) is 1. The first-order valence-corrected chi connectivity index (χ1v) is 11.0. The van der Waals surface area contributed by atoms with Gasteiger partial charge in [-0.3, -0.25) is 9.11 Å². The van der Waals surface area contributed by atoms with Gasteiger partial charge in [-0.2, -0.15) is 0 Å². The second-order valence-corrected chi connectivity index (χ2v) is 8.78. The van der Waals surface area contributed by atoms with Crippen molar-refractivity contribution in [1.82, 2.24) is 4.90 Å². The normalized spacial score (nSPS) is 17.3. The van der Waals surface area contributed by atoms with Gasteiger partial charge < -0.3 is 4.90 Å². The van der Waals surface area contributed by atoms with E-state index in [0.29, 0.717) is 18.0 Å². The van der Waals surface area contributed by atoms with Crippen LogP contribution >= 0.6 is 12.4 Å². The fourth-order valence-electron chi connectivity index (χ4n) is 3.61. The molecule has 154 valence electrons. The summed E-state index contributed by atoms with van der Waals surface area (Å²) >= 11 is 0. The zero-order valence-corrected chi connectivity index (χ0v) is 17.7. The average Bonchev–Trinajstić information content (AvgIpc) is 3.12. The number of benzene rings is 2. The van der Waals surface area contributed by atoms with Gasteiger partial charge in [0.1, 0.15) is 0 Å². The molecule has 1 N–H and O–H groups in total. The molecule has 0 spiro atoms. The molecule has 1 heterocycles. The molecule has 3 rings (SSSR count). The first kappa shape index (κ1) is 22.7. The van der Waals surface area contributed by atoms with Crippen molar-refractivity contribution in [3.05, 3.63) is 59.7 Å². The molecule has 0 amide bonds. The summed E-state index contributed by atoms with van der Waals surface area (Å²) in [5, 5.41) is 0. The van der Waals surface area contributed by atoms with Gasteiger partial charge in [-0.1, -0.05) is 31.2 Å². The summed E-state index contributed by atoms with van der Waals surface area (Å²) in [6.07, 6.45) is 2.62. The number of anilines is 1. The van der Waals surface area contributed by atoms with E-state index < -0.39 is 16.7 Å². The molecule has 1 fully saturated rings. The van der Waals surface area contributed by atoms with E-state index in [-0.39, 0.29) is 17.3 Å². The average molecular weight is 427 g/mol. The zero-order valence-electron chi connectivity index (χ0n) is 16.1. The largest absolute Gasteiger partial charge is 0.303 e. The summed E-state index contributed by atoms with van der Waals surface area (Å²) in [6, 6.07) is 14.0. The number of aryl methyl sites for hydroxylation is 1. The van der Waals surface area contributed by atoms with E-state index in [1.54, 1.807) is 12.1 Å². The topological polar surface area (TPSA) is 49.4 Å². The molecule has 0 radical (unpaired) electrons.